The average Bonchev–Trinajstić information content (AvgIpc) is 3.85. The Morgan fingerprint density at radius 3 is 1.70 bits per heavy atom. The van der Waals surface area contributed by atoms with Gasteiger partial charge in [-0.05, 0) is 29.8 Å². The minimum atomic E-state index is -0.445. The lowest BCUT2D eigenvalue weighted by Gasteiger charge is -2.02. The summed E-state index contributed by atoms with van der Waals surface area (Å²) in [6.07, 6.45) is 8.80. The van der Waals surface area contributed by atoms with Gasteiger partial charge in [-0.25, -0.2) is 9.78 Å². The van der Waals surface area contributed by atoms with Gasteiger partial charge in [-0.2, -0.15) is 0 Å². The number of benzene rings is 1. The Kier molecular flexibility index (Phi) is 39.0. The van der Waals surface area contributed by atoms with Crippen LogP contribution in [-0.4, -0.2) is 78.5 Å². The number of hydrogen-bond acceptors (Lipinski definition) is 8. The molecular formula is C32H45Br2Cl3N6O7. The molecule has 0 spiro atoms. The maximum absolute atomic E-state index is 11.7. The number of allylic oxidation sites excluding steroid dienone is 2. The molecule has 13 nitrogen and oxygen atoms in total. The van der Waals surface area contributed by atoms with E-state index in [1.54, 1.807) is 69.6 Å². The van der Waals surface area contributed by atoms with Crippen LogP contribution in [0.1, 0.15) is 0 Å². The van der Waals surface area contributed by atoms with Crippen molar-refractivity contribution in [3.63, 3.8) is 0 Å². The van der Waals surface area contributed by atoms with Gasteiger partial charge in [0.1, 0.15) is 5.75 Å². The summed E-state index contributed by atoms with van der Waals surface area (Å²) < 4.78 is 13.4. The number of nitrogens with zero attached hydrogens (tertiary/aromatic N) is 6. The van der Waals surface area contributed by atoms with E-state index in [1.807, 2.05) is 12.1 Å². The van der Waals surface area contributed by atoms with Crippen LogP contribution < -0.4 is 16.0 Å². The van der Waals surface area contributed by atoms with Crippen molar-refractivity contribution >= 4 is 89.9 Å². The quantitative estimate of drug-likeness (QED) is 0.0635. The van der Waals surface area contributed by atoms with Crippen LogP contribution in [-0.2, 0) is 25.9 Å². The summed E-state index contributed by atoms with van der Waals surface area (Å²) in [6, 6.07) is 9.58. The van der Waals surface area contributed by atoms with E-state index in [4.69, 9.17) is 39.5 Å². The molecule has 1 amide bonds. The number of imidazole rings is 1. The monoisotopic (exact) mass is 888 g/mol. The number of halogens is 5. The van der Waals surface area contributed by atoms with Crippen LogP contribution in [0.5, 0.6) is 5.75 Å². The second kappa shape index (κ2) is 36.6. The zero-order chi connectivity index (χ0) is 39.5. The Morgan fingerprint density at radius 2 is 1.42 bits per heavy atom. The third-order valence-corrected chi connectivity index (χ3v) is 6.97. The van der Waals surface area contributed by atoms with Crippen molar-refractivity contribution in [2.24, 2.45) is 21.1 Å². The molecule has 0 aliphatic heterocycles. The van der Waals surface area contributed by atoms with Crippen LogP contribution in [0.15, 0.2) is 107 Å². The predicted octanol–water partition coefficient (Wildman–Crippen LogP) is 7.53. The lowest BCUT2D eigenvalue weighted by atomic mass is 10.3. The minimum Gasteiger partial charge on any atom is -0.497 e. The minimum absolute atomic E-state index is 0.0748. The number of non-ortho nitro benzene ring substituents is 1. The zero-order valence-electron chi connectivity index (χ0n) is 28.9. The van der Waals surface area contributed by atoms with Gasteiger partial charge >= 0.3 is 5.69 Å². The molecule has 0 aliphatic carbocycles. The molecule has 4 rings (SSSR count). The first-order valence-corrected chi connectivity index (χ1v) is 17.6. The number of carbonyl (C=O) groups is 1. The molecule has 280 valence electrons. The number of fused-ring (bicyclic) bond motifs is 1. The van der Waals surface area contributed by atoms with E-state index in [1.165, 1.54) is 47.6 Å². The van der Waals surface area contributed by atoms with E-state index in [0.717, 1.165) is 21.6 Å². The van der Waals surface area contributed by atoms with Gasteiger partial charge in [-0.1, -0.05) is 75.3 Å². The van der Waals surface area contributed by atoms with Crippen molar-refractivity contribution in [1.29, 1.82) is 0 Å². The smallest absolute Gasteiger partial charge is 0.332 e. The summed E-state index contributed by atoms with van der Waals surface area (Å²) in [4.78, 5) is 47.7. The number of rotatable bonds is 6. The Hall–Kier alpha value is -3.63. The van der Waals surface area contributed by atoms with Gasteiger partial charge in [0.25, 0.3) is 11.2 Å². The molecule has 0 aliphatic rings. The summed E-state index contributed by atoms with van der Waals surface area (Å²) in [5.74, 6) is 1.74. The normalized spacial score (nSPS) is 8.46. The number of carbonyl (C=O) groups excluding carboxylic acids is 1. The molecule has 3 aromatic heterocycles. The third kappa shape index (κ3) is 27.2. The van der Waals surface area contributed by atoms with Crippen LogP contribution in [0.4, 0.5) is 5.69 Å². The van der Waals surface area contributed by atoms with Crippen molar-refractivity contribution in [3.05, 3.63) is 124 Å². The number of methoxy groups -OCH3 is 1. The van der Waals surface area contributed by atoms with Gasteiger partial charge in [0, 0.05) is 69.8 Å². The molecule has 0 radical (unpaired) electrons. The van der Waals surface area contributed by atoms with Gasteiger partial charge in [0.15, 0.2) is 11.2 Å². The van der Waals surface area contributed by atoms with E-state index in [9.17, 15) is 24.5 Å². The number of hydrogen-bond donors (Lipinski definition) is 0. The Morgan fingerprint density at radius 1 is 0.980 bits per heavy atom. The number of nitro benzene ring substituents is 1. The fourth-order valence-corrected chi connectivity index (χ4v) is 2.40. The first-order chi connectivity index (χ1) is 23.7. The van der Waals surface area contributed by atoms with Crippen molar-refractivity contribution < 1.29 is 18.9 Å². The van der Waals surface area contributed by atoms with Crippen molar-refractivity contribution in [2.45, 2.75) is 0 Å². The summed E-state index contributed by atoms with van der Waals surface area (Å²) in [7, 11) is 9.66. The van der Waals surface area contributed by atoms with Crippen molar-refractivity contribution in [3.8, 4) is 5.75 Å². The summed E-state index contributed by atoms with van der Waals surface area (Å²) in [5, 5.41) is 12.3. The molecule has 50 heavy (non-hydrogen) atoms. The van der Waals surface area contributed by atoms with Crippen LogP contribution in [0, 0.1) is 10.1 Å². The molecular weight excluding hydrogens is 847 g/mol. The molecule has 0 saturated carbocycles. The molecule has 4 aromatic rings. The fourth-order valence-electron chi connectivity index (χ4n) is 2.40. The lowest BCUT2D eigenvalue weighted by molar-refractivity contribution is -0.384. The third-order valence-electron chi connectivity index (χ3n) is 4.55. The lowest BCUT2D eigenvalue weighted by Crippen LogP contribution is -2.37. The summed E-state index contributed by atoms with van der Waals surface area (Å²) in [6.45, 7) is 9.85. The second-order valence-corrected chi connectivity index (χ2v) is 11.1. The van der Waals surface area contributed by atoms with E-state index in [2.05, 4.69) is 61.0 Å². The van der Waals surface area contributed by atoms with E-state index >= 15 is 0 Å². The largest absolute Gasteiger partial charge is 0.497 e. The number of nitro groups is 1. The standard InChI is InChI=1S/C8H10N4O2.C7H7NO3.C4H4O.C4H6.C3H7NO.C2H4Br2.C2H4Cl2.C2H3Cl/c1-10-4-9-6-5(10)7(13)12(3)8(14)11(6)2;1-11-7-4-2-6(3-5-7)8(9)10;1-2-4-5-3-1;1-3-4-2;1-4(2)3-5;2*3-1-2-4;1-2-3/h4H,1-3H3;2-5H,1H3;1-4H;3-4H,1-2H2;3H,1-2H3;2*1-2H2;2H,1H2. The van der Waals surface area contributed by atoms with Gasteiger partial charge < -0.3 is 18.6 Å². The number of aromatic nitrogens is 4. The SMILES string of the molecule is BrCCBr.C=CC=C.C=CCl.CN(C)C=O.COc1ccc([N+](=O)[O-])cc1.ClCCCl.Cn1c(=O)c2c(ncn2C)n(C)c1=O.c1ccoc1. The Labute approximate surface area is 324 Å². The first kappa shape index (κ1) is 53.2. The van der Waals surface area contributed by atoms with E-state index < -0.39 is 4.92 Å². The molecule has 18 heteroatoms. The second-order valence-electron chi connectivity index (χ2n) is 8.43. The number of aryl methyl sites for hydroxylation is 2. The number of amides is 1. The molecule has 3 heterocycles. The molecule has 0 atom stereocenters. The fraction of sp³-hybridized carbons (Fsp3) is 0.312. The van der Waals surface area contributed by atoms with E-state index in [-0.39, 0.29) is 16.9 Å². The molecule has 0 bridgehead atoms. The molecule has 0 unspecified atom stereocenters. The summed E-state index contributed by atoms with van der Waals surface area (Å²) >= 11 is 21.3. The van der Waals surface area contributed by atoms with E-state index in [0.29, 0.717) is 28.7 Å². The molecule has 0 fully saturated rings. The highest BCUT2D eigenvalue weighted by molar-refractivity contribution is 9.11. The number of alkyl halides is 4. The number of furan rings is 1. The topological polar surface area (TPSA) is 148 Å². The highest BCUT2D eigenvalue weighted by atomic mass is 79.9. The van der Waals surface area contributed by atoms with Crippen LogP contribution in [0.25, 0.3) is 11.2 Å². The maximum atomic E-state index is 11.7. The summed E-state index contributed by atoms with van der Waals surface area (Å²) in [5.41, 5.74) is 1.48. The van der Waals surface area contributed by atoms with Crippen molar-refractivity contribution in [2.75, 3.05) is 43.6 Å². The van der Waals surface area contributed by atoms with Gasteiger partial charge in [0.2, 0.25) is 6.41 Å². The molecule has 1 aromatic carbocycles. The Balaban J connectivity index is -0.000000261. The zero-order valence-corrected chi connectivity index (χ0v) is 34.3. The highest BCUT2D eigenvalue weighted by Gasteiger charge is 2.11. The van der Waals surface area contributed by atoms with Crippen LogP contribution in [0.3, 0.4) is 0 Å². The molecule has 0 N–H and O–H groups in total. The highest BCUT2D eigenvalue weighted by Crippen LogP contribution is 2.16. The first-order valence-electron chi connectivity index (χ1n) is 13.8. The van der Waals surface area contributed by atoms with Crippen LogP contribution in [0.2, 0.25) is 0 Å². The average molecular weight is 892 g/mol. The Bertz CT molecular complexity index is 1530. The van der Waals surface area contributed by atoms with Gasteiger partial charge in [0.05, 0.1) is 30.9 Å². The van der Waals surface area contributed by atoms with Crippen molar-refractivity contribution in [1.82, 2.24) is 23.6 Å². The van der Waals surface area contributed by atoms with Gasteiger partial charge in [-0.15, -0.1) is 23.2 Å². The predicted molar refractivity (Wildman–Crippen MR) is 215 cm³/mol. The number of ether oxygens (including phenoxy) is 1. The van der Waals surface area contributed by atoms with Crippen LogP contribution >= 0.6 is 66.7 Å². The van der Waals surface area contributed by atoms with Gasteiger partial charge in [-0.3, -0.25) is 28.8 Å². The molecule has 0 saturated heterocycles. The maximum Gasteiger partial charge on any atom is 0.332 e.